The highest BCUT2D eigenvalue weighted by atomic mass is 19.4. The maximum absolute atomic E-state index is 12.6. The van der Waals surface area contributed by atoms with Crippen LogP contribution in [0.15, 0.2) is 18.5 Å². The number of aryl methyl sites for hydroxylation is 1. The minimum Gasteiger partial charge on any atom is -0.381 e. The third-order valence-corrected chi connectivity index (χ3v) is 3.94. The minimum absolute atomic E-state index is 0.274. The number of anilines is 1. The summed E-state index contributed by atoms with van der Waals surface area (Å²) in [5, 5.41) is 6.69. The van der Waals surface area contributed by atoms with Crippen LogP contribution in [0.25, 0.3) is 0 Å². The van der Waals surface area contributed by atoms with Crippen LogP contribution in [0.4, 0.5) is 19.0 Å². The molecule has 0 aliphatic carbocycles. The lowest BCUT2D eigenvalue weighted by molar-refractivity contribution is -0.141. The largest absolute Gasteiger partial charge is 0.435 e. The molecule has 1 aliphatic heterocycles. The maximum Gasteiger partial charge on any atom is 0.435 e. The molecule has 6 nitrogen and oxygen atoms in total. The second-order valence-corrected chi connectivity index (χ2v) is 5.71. The Morgan fingerprint density at radius 3 is 2.83 bits per heavy atom. The second-order valence-electron chi connectivity index (χ2n) is 5.71. The lowest BCUT2D eigenvalue weighted by Gasteiger charge is -2.10. The second kappa shape index (κ2) is 6.76. The van der Waals surface area contributed by atoms with E-state index in [9.17, 15) is 13.2 Å². The van der Waals surface area contributed by atoms with Crippen molar-refractivity contribution in [2.45, 2.75) is 32.0 Å². The number of hydrogen-bond acceptors (Lipinski definition) is 5. The molecular formula is C15H18F3N5O. The van der Waals surface area contributed by atoms with Gasteiger partial charge in [0.05, 0.1) is 18.8 Å². The number of aromatic nitrogens is 4. The molecule has 0 saturated carbocycles. The molecule has 130 valence electrons. The molecule has 1 N–H and O–H groups in total. The van der Waals surface area contributed by atoms with Crippen molar-refractivity contribution in [3.05, 3.63) is 35.5 Å². The lowest BCUT2D eigenvalue weighted by Crippen LogP contribution is -2.15. The predicted molar refractivity (Wildman–Crippen MR) is 80.7 cm³/mol. The number of halogens is 3. The molecule has 0 bridgehead atoms. The van der Waals surface area contributed by atoms with Crippen molar-refractivity contribution in [1.29, 1.82) is 0 Å². The number of alkyl halides is 3. The molecular weight excluding hydrogens is 323 g/mol. The van der Waals surface area contributed by atoms with Crippen LogP contribution in [-0.2, 0) is 17.5 Å². The van der Waals surface area contributed by atoms with Crippen molar-refractivity contribution in [2.75, 3.05) is 25.1 Å². The fourth-order valence-corrected chi connectivity index (χ4v) is 2.62. The van der Waals surface area contributed by atoms with E-state index >= 15 is 0 Å². The molecule has 0 radical (unpaired) electrons. The van der Waals surface area contributed by atoms with Gasteiger partial charge >= 0.3 is 6.18 Å². The number of rotatable bonds is 5. The summed E-state index contributed by atoms with van der Waals surface area (Å²) in [5.41, 5.74) is 0.515. The molecule has 24 heavy (non-hydrogen) atoms. The van der Waals surface area contributed by atoms with Gasteiger partial charge in [-0.05, 0) is 19.4 Å². The fourth-order valence-electron chi connectivity index (χ4n) is 2.62. The van der Waals surface area contributed by atoms with Gasteiger partial charge in [0.15, 0.2) is 5.69 Å². The van der Waals surface area contributed by atoms with Crippen LogP contribution in [0, 0.1) is 6.92 Å². The molecule has 3 heterocycles. The van der Waals surface area contributed by atoms with E-state index in [-0.39, 0.29) is 5.92 Å². The Morgan fingerprint density at radius 1 is 1.33 bits per heavy atom. The van der Waals surface area contributed by atoms with Crippen molar-refractivity contribution in [3.8, 4) is 0 Å². The number of nitrogens with one attached hydrogen (secondary N) is 1. The van der Waals surface area contributed by atoms with Gasteiger partial charge in [0.1, 0.15) is 12.1 Å². The van der Waals surface area contributed by atoms with Gasteiger partial charge in [-0.2, -0.15) is 18.3 Å². The Hall–Kier alpha value is -2.16. The first-order valence-electron chi connectivity index (χ1n) is 7.68. The van der Waals surface area contributed by atoms with Gasteiger partial charge in [0, 0.05) is 30.8 Å². The van der Waals surface area contributed by atoms with E-state index in [1.165, 1.54) is 11.0 Å². The summed E-state index contributed by atoms with van der Waals surface area (Å²) in [6.45, 7) is 3.72. The van der Waals surface area contributed by atoms with Crippen molar-refractivity contribution in [3.63, 3.8) is 0 Å². The SMILES string of the molecule is Cc1cc(C(F)(F)F)nn1CCNc1cc([C@H]2CCOC2)ncn1. The molecule has 1 saturated heterocycles. The summed E-state index contributed by atoms with van der Waals surface area (Å²) in [6, 6.07) is 2.90. The first-order chi connectivity index (χ1) is 11.4. The van der Waals surface area contributed by atoms with Crippen LogP contribution >= 0.6 is 0 Å². The molecule has 1 atom stereocenters. The summed E-state index contributed by atoms with van der Waals surface area (Å²) >= 11 is 0. The summed E-state index contributed by atoms with van der Waals surface area (Å²) < 4.78 is 44.6. The number of ether oxygens (including phenoxy) is 1. The molecule has 0 unspecified atom stereocenters. The van der Waals surface area contributed by atoms with Crippen LogP contribution in [0.5, 0.6) is 0 Å². The van der Waals surface area contributed by atoms with Crippen molar-refractivity contribution < 1.29 is 17.9 Å². The summed E-state index contributed by atoms with van der Waals surface area (Å²) in [6.07, 6.45) is -2.01. The zero-order chi connectivity index (χ0) is 17.2. The molecule has 3 rings (SSSR count). The van der Waals surface area contributed by atoms with Gasteiger partial charge in [-0.1, -0.05) is 0 Å². The molecule has 1 aliphatic rings. The Bertz CT molecular complexity index is 695. The Balaban J connectivity index is 1.59. The standard InChI is InChI=1S/C15H18F3N5O/c1-10-6-13(15(16,17)18)22-23(10)4-3-19-14-7-12(20-9-21-14)11-2-5-24-8-11/h6-7,9,11H,2-5,8H2,1H3,(H,19,20,21)/t11-/m0/s1. The van der Waals surface area contributed by atoms with Crippen LogP contribution in [0.1, 0.15) is 29.4 Å². The van der Waals surface area contributed by atoms with E-state index in [0.29, 0.717) is 31.2 Å². The highest BCUT2D eigenvalue weighted by Gasteiger charge is 2.34. The summed E-state index contributed by atoms with van der Waals surface area (Å²) in [4.78, 5) is 8.39. The zero-order valence-corrected chi connectivity index (χ0v) is 13.2. The van der Waals surface area contributed by atoms with Gasteiger partial charge in [-0.3, -0.25) is 4.68 Å². The smallest absolute Gasteiger partial charge is 0.381 e. The van der Waals surface area contributed by atoms with Crippen molar-refractivity contribution in [1.82, 2.24) is 19.7 Å². The first kappa shape index (κ1) is 16.7. The van der Waals surface area contributed by atoms with Crippen LogP contribution in [0.3, 0.4) is 0 Å². The average molecular weight is 341 g/mol. The van der Waals surface area contributed by atoms with Crippen LogP contribution < -0.4 is 5.32 Å². The number of nitrogens with zero attached hydrogens (tertiary/aromatic N) is 4. The summed E-state index contributed by atoms with van der Waals surface area (Å²) in [5.74, 6) is 0.920. The Kier molecular flexibility index (Phi) is 4.70. The normalized spacial score (nSPS) is 18.1. The van der Waals surface area contributed by atoms with Gasteiger partial charge in [0.25, 0.3) is 0 Å². The average Bonchev–Trinajstić information content (AvgIpc) is 3.17. The minimum atomic E-state index is -4.42. The van der Waals surface area contributed by atoms with E-state index in [1.54, 1.807) is 6.92 Å². The molecule has 0 amide bonds. The van der Waals surface area contributed by atoms with Crippen molar-refractivity contribution >= 4 is 5.82 Å². The van der Waals surface area contributed by atoms with E-state index in [0.717, 1.165) is 24.8 Å². The quantitative estimate of drug-likeness (QED) is 0.906. The highest BCUT2D eigenvalue weighted by Crippen LogP contribution is 2.28. The fraction of sp³-hybridized carbons (Fsp3) is 0.533. The molecule has 2 aromatic heterocycles. The third-order valence-electron chi connectivity index (χ3n) is 3.94. The first-order valence-corrected chi connectivity index (χ1v) is 7.68. The Labute approximate surface area is 137 Å². The maximum atomic E-state index is 12.6. The van der Waals surface area contributed by atoms with Crippen LogP contribution in [0.2, 0.25) is 0 Å². The molecule has 0 aromatic carbocycles. The topological polar surface area (TPSA) is 64.9 Å². The zero-order valence-electron chi connectivity index (χ0n) is 13.2. The van der Waals surface area contributed by atoms with Gasteiger partial charge in [0.2, 0.25) is 0 Å². The highest BCUT2D eigenvalue weighted by molar-refractivity contribution is 5.35. The predicted octanol–water partition coefficient (Wildman–Crippen LogP) is 2.62. The lowest BCUT2D eigenvalue weighted by atomic mass is 10.1. The molecule has 0 spiro atoms. The number of hydrogen-bond donors (Lipinski definition) is 1. The molecule has 1 fully saturated rings. The monoisotopic (exact) mass is 341 g/mol. The molecule has 2 aromatic rings. The van der Waals surface area contributed by atoms with E-state index in [2.05, 4.69) is 20.4 Å². The van der Waals surface area contributed by atoms with Crippen LogP contribution in [-0.4, -0.2) is 39.5 Å². The molecule has 9 heteroatoms. The van der Waals surface area contributed by atoms with E-state index in [1.807, 2.05) is 6.07 Å². The van der Waals surface area contributed by atoms with E-state index in [4.69, 9.17) is 4.74 Å². The Morgan fingerprint density at radius 2 is 2.17 bits per heavy atom. The van der Waals surface area contributed by atoms with Gasteiger partial charge < -0.3 is 10.1 Å². The summed E-state index contributed by atoms with van der Waals surface area (Å²) in [7, 11) is 0. The van der Waals surface area contributed by atoms with E-state index < -0.39 is 11.9 Å². The van der Waals surface area contributed by atoms with Gasteiger partial charge in [-0.25, -0.2) is 9.97 Å². The van der Waals surface area contributed by atoms with Crippen molar-refractivity contribution in [2.24, 2.45) is 0 Å². The third kappa shape index (κ3) is 3.84. The van der Waals surface area contributed by atoms with Gasteiger partial charge in [-0.15, -0.1) is 0 Å².